The summed E-state index contributed by atoms with van der Waals surface area (Å²) < 4.78 is 0. The molecule has 0 fully saturated rings. The Morgan fingerprint density at radius 3 is 1.97 bits per heavy atom. The summed E-state index contributed by atoms with van der Waals surface area (Å²) in [5.74, 6) is -2.19. The van der Waals surface area contributed by atoms with Gasteiger partial charge in [-0.3, -0.25) is 24.0 Å². The highest BCUT2D eigenvalue weighted by Gasteiger charge is 2.29. The minimum Gasteiger partial charge on any atom is -0.368 e. The molecule has 196 valence electrons. The Bertz CT molecular complexity index is 703. The third-order valence-corrected chi connectivity index (χ3v) is 5.90. The second-order valence-electron chi connectivity index (χ2n) is 8.87. The SMILES string of the molecule is CC[C@H](C)[C@H](NC(=O)[C@H](C)N)C(=O)NCC(=O)N[C@@H](CC(C)C)C(=O)N[C@@H](CCSC)C(N)=O. The fraction of sp³-hybridized carbons (Fsp3) is 0.773. The molecule has 11 nitrogen and oxygen atoms in total. The summed E-state index contributed by atoms with van der Waals surface area (Å²) in [6, 6.07) is -3.36. The van der Waals surface area contributed by atoms with Crippen molar-refractivity contribution in [2.24, 2.45) is 23.3 Å². The molecule has 5 amide bonds. The monoisotopic (exact) mass is 502 g/mol. The van der Waals surface area contributed by atoms with Crippen LogP contribution in [0.2, 0.25) is 0 Å². The average Bonchev–Trinajstić information content (AvgIpc) is 2.76. The first kappa shape index (κ1) is 31.7. The van der Waals surface area contributed by atoms with Crippen molar-refractivity contribution in [2.75, 3.05) is 18.6 Å². The number of primary amides is 1. The molecule has 34 heavy (non-hydrogen) atoms. The minimum atomic E-state index is -0.899. The van der Waals surface area contributed by atoms with Gasteiger partial charge >= 0.3 is 0 Å². The Morgan fingerprint density at radius 2 is 1.50 bits per heavy atom. The Balaban J connectivity index is 5.15. The Hall–Kier alpha value is -2.34. The normalized spacial score (nSPS) is 15.4. The van der Waals surface area contributed by atoms with E-state index in [1.165, 1.54) is 18.7 Å². The molecule has 0 aliphatic carbocycles. The summed E-state index contributed by atoms with van der Waals surface area (Å²) in [7, 11) is 0. The number of hydrogen-bond donors (Lipinski definition) is 6. The van der Waals surface area contributed by atoms with E-state index in [-0.39, 0.29) is 18.4 Å². The summed E-state index contributed by atoms with van der Waals surface area (Å²) in [5.41, 5.74) is 11.0. The summed E-state index contributed by atoms with van der Waals surface area (Å²) in [4.78, 5) is 61.6. The first-order valence-electron chi connectivity index (χ1n) is 11.6. The fourth-order valence-electron chi connectivity index (χ4n) is 3.01. The van der Waals surface area contributed by atoms with Gasteiger partial charge in [-0.05, 0) is 43.6 Å². The van der Waals surface area contributed by atoms with E-state index in [4.69, 9.17) is 11.5 Å². The molecule has 0 aromatic carbocycles. The lowest BCUT2D eigenvalue weighted by Gasteiger charge is -2.25. The van der Waals surface area contributed by atoms with E-state index in [0.29, 0.717) is 25.0 Å². The van der Waals surface area contributed by atoms with Crippen molar-refractivity contribution in [3.8, 4) is 0 Å². The van der Waals surface area contributed by atoms with E-state index >= 15 is 0 Å². The van der Waals surface area contributed by atoms with Crippen LogP contribution in [0.15, 0.2) is 0 Å². The third kappa shape index (κ3) is 12.2. The molecule has 0 saturated carbocycles. The Kier molecular flexibility index (Phi) is 15.2. The molecule has 0 aromatic heterocycles. The number of carbonyl (C=O) groups excluding carboxylic acids is 5. The topological polar surface area (TPSA) is 186 Å². The molecular formula is C22H42N6O5S. The van der Waals surface area contributed by atoms with E-state index < -0.39 is 53.7 Å². The molecule has 0 radical (unpaired) electrons. The summed E-state index contributed by atoms with van der Waals surface area (Å²) in [6.45, 7) is 8.60. The molecular weight excluding hydrogens is 460 g/mol. The van der Waals surface area contributed by atoms with Crippen LogP contribution in [0, 0.1) is 11.8 Å². The lowest BCUT2D eigenvalue weighted by Crippen LogP contribution is -2.56. The molecule has 0 rings (SSSR count). The van der Waals surface area contributed by atoms with E-state index in [1.54, 1.807) is 6.92 Å². The van der Waals surface area contributed by atoms with Crippen molar-refractivity contribution < 1.29 is 24.0 Å². The van der Waals surface area contributed by atoms with Crippen LogP contribution < -0.4 is 32.7 Å². The summed E-state index contributed by atoms with van der Waals surface area (Å²) in [6.07, 6.45) is 3.21. The van der Waals surface area contributed by atoms with Crippen LogP contribution in [0.25, 0.3) is 0 Å². The van der Waals surface area contributed by atoms with Gasteiger partial charge in [0.05, 0.1) is 12.6 Å². The van der Waals surface area contributed by atoms with Crippen molar-refractivity contribution in [1.82, 2.24) is 21.3 Å². The zero-order chi connectivity index (χ0) is 26.4. The zero-order valence-corrected chi connectivity index (χ0v) is 21.9. The Morgan fingerprint density at radius 1 is 0.882 bits per heavy atom. The predicted molar refractivity (Wildman–Crippen MR) is 134 cm³/mol. The molecule has 0 heterocycles. The van der Waals surface area contributed by atoms with Gasteiger partial charge in [-0.15, -0.1) is 0 Å². The van der Waals surface area contributed by atoms with Crippen LogP contribution >= 0.6 is 11.8 Å². The standard InChI is InChI=1S/C22H42N6O5S/c1-7-13(4)18(28-20(31)14(5)23)22(33)25-11-17(29)26-16(10-12(2)3)21(32)27-15(19(24)30)8-9-34-6/h12-16,18H,7-11,23H2,1-6H3,(H2,24,30)(H,25,33)(H,26,29)(H,27,32)(H,28,31)/t13-,14-,15-,16-,18-/m0/s1. The number of nitrogens with two attached hydrogens (primary N) is 2. The maximum atomic E-state index is 12.8. The quantitative estimate of drug-likeness (QED) is 0.160. The van der Waals surface area contributed by atoms with Crippen LogP contribution in [0.4, 0.5) is 0 Å². The van der Waals surface area contributed by atoms with Crippen LogP contribution in [0.1, 0.15) is 53.9 Å². The van der Waals surface area contributed by atoms with Gasteiger partial charge in [0, 0.05) is 0 Å². The van der Waals surface area contributed by atoms with Gasteiger partial charge in [0.2, 0.25) is 29.5 Å². The Labute approximate surface area is 206 Å². The number of amides is 5. The molecule has 0 saturated heterocycles. The number of thioether (sulfide) groups is 1. The largest absolute Gasteiger partial charge is 0.368 e. The van der Waals surface area contributed by atoms with Gasteiger partial charge in [-0.25, -0.2) is 0 Å². The molecule has 0 aromatic rings. The highest BCUT2D eigenvalue weighted by Crippen LogP contribution is 2.09. The second kappa shape index (κ2) is 16.3. The zero-order valence-electron chi connectivity index (χ0n) is 21.1. The van der Waals surface area contributed by atoms with E-state index in [0.717, 1.165) is 0 Å². The first-order chi connectivity index (χ1) is 15.8. The predicted octanol–water partition coefficient (Wildman–Crippen LogP) is -0.765. The fourth-order valence-corrected chi connectivity index (χ4v) is 3.48. The number of carbonyl (C=O) groups is 5. The minimum absolute atomic E-state index is 0.0760. The van der Waals surface area contributed by atoms with Gasteiger partial charge in [0.1, 0.15) is 18.1 Å². The average molecular weight is 503 g/mol. The smallest absolute Gasteiger partial charge is 0.243 e. The van der Waals surface area contributed by atoms with Crippen LogP contribution in [0.5, 0.6) is 0 Å². The van der Waals surface area contributed by atoms with E-state index in [9.17, 15) is 24.0 Å². The summed E-state index contributed by atoms with van der Waals surface area (Å²) >= 11 is 1.52. The second-order valence-corrected chi connectivity index (χ2v) is 9.86. The lowest BCUT2D eigenvalue weighted by atomic mass is 9.98. The first-order valence-corrected chi connectivity index (χ1v) is 12.9. The van der Waals surface area contributed by atoms with Crippen LogP contribution in [-0.2, 0) is 24.0 Å². The molecule has 0 aliphatic heterocycles. The van der Waals surface area contributed by atoms with Gasteiger partial charge < -0.3 is 32.7 Å². The van der Waals surface area contributed by atoms with Crippen molar-refractivity contribution in [3.63, 3.8) is 0 Å². The lowest BCUT2D eigenvalue weighted by molar-refractivity contribution is -0.133. The number of nitrogens with one attached hydrogen (secondary N) is 4. The van der Waals surface area contributed by atoms with Gasteiger partial charge in [0.15, 0.2) is 0 Å². The van der Waals surface area contributed by atoms with Gasteiger partial charge in [0.25, 0.3) is 0 Å². The highest BCUT2D eigenvalue weighted by molar-refractivity contribution is 7.98. The molecule has 12 heteroatoms. The maximum absolute atomic E-state index is 12.8. The van der Waals surface area contributed by atoms with Crippen molar-refractivity contribution in [2.45, 2.75) is 78.0 Å². The van der Waals surface area contributed by atoms with Gasteiger partial charge in [-0.1, -0.05) is 34.1 Å². The van der Waals surface area contributed by atoms with Crippen molar-refractivity contribution in [1.29, 1.82) is 0 Å². The summed E-state index contributed by atoms with van der Waals surface area (Å²) in [5, 5.41) is 10.3. The van der Waals surface area contributed by atoms with Crippen molar-refractivity contribution >= 4 is 41.3 Å². The maximum Gasteiger partial charge on any atom is 0.243 e. The third-order valence-electron chi connectivity index (χ3n) is 5.26. The van der Waals surface area contributed by atoms with Gasteiger partial charge in [-0.2, -0.15) is 11.8 Å². The highest BCUT2D eigenvalue weighted by atomic mass is 32.2. The number of hydrogen-bond acceptors (Lipinski definition) is 7. The van der Waals surface area contributed by atoms with Crippen LogP contribution in [-0.4, -0.2) is 72.3 Å². The molecule has 0 spiro atoms. The van der Waals surface area contributed by atoms with Crippen LogP contribution in [0.3, 0.4) is 0 Å². The molecule has 0 bridgehead atoms. The molecule has 0 aliphatic rings. The molecule has 8 N–H and O–H groups in total. The van der Waals surface area contributed by atoms with E-state index in [2.05, 4.69) is 21.3 Å². The molecule has 5 atom stereocenters. The number of rotatable bonds is 16. The van der Waals surface area contributed by atoms with Crippen molar-refractivity contribution in [3.05, 3.63) is 0 Å². The molecule has 0 unspecified atom stereocenters. The van der Waals surface area contributed by atoms with E-state index in [1.807, 2.05) is 27.0 Å².